The van der Waals surface area contributed by atoms with Crippen molar-refractivity contribution in [1.29, 1.82) is 0 Å². The Morgan fingerprint density at radius 1 is 0.778 bits per heavy atom. The van der Waals surface area contributed by atoms with E-state index in [1.807, 2.05) is 0 Å². The van der Waals surface area contributed by atoms with Gasteiger partial charge in [-0.1, -0.05) is 46.5 Å². The molecule has 0 bridgehead atoms. The molecule has 0 atom stereocenters. The van der Waals surface area contributed by atoms with E-state index in [4.69, 9.17) is 34.7 Å². The summed E-state index contributed by atoms with van der Waals surface area (Å²) in [6.07, 6.45) is 0. The molecule has 0 unspecified atom stereocenters. The topological polar surface area (TPSA) is 100 Å². The van der Waals surface area contributed by atoms with E-state index >= 15 is 0 Å². The number of aryl methyl sites for hydroxylation is 2. The van der Waals surface area contributed by atoms with Gasteiger partial charge in [0.25, 0.3) is 0 Å². The second kappa shape index (κ2) is 11.2. The van der Waals surface area contributed by atoms with Crippen molar-refractivity contribution < 1.29 is 39.5 Å². The molecular formula is C18H18Cl2N2O4Pd. The summed E-state index contributed by atoms with van der Waals surface area (Å²) in [5, 5.41) is 0.640. The van der Waals surface area contributed by atoms with E-state index in [2.05, 4.69) is 9.47 Å². The van der Waals surface area contributed by atoms with Gasteiger partial charge in [0.05, 0.1) is 35.4 Å². The molecular weight excluding hydrogens is 486 g/mol. The van der Waals surface area contributed by atoms with Crippen molar-refractivity contribution in [3.05, 3.63) is 68.0 Å². The number of benzene rings is 2. The molecule has 2 aromatic carbocycles. The van der Waals surface area contributed by atoms with E-state index < -0.39 is 11.9 Å². The number of carbonyl (C=O) groups excluding carboxylic acids is 2. The van der Waals surface area contributed by atoms with Crippen molar-refractivity contribution >= 4 is 46.5 Å². The van der Waals surface area contributed by atoms with Crippen LogP contribution in [0.2, 0.25) is 10.0 Å². The van der Waals surface area contributed by atoms with Crippen LogP contribution in [0, 0.1) is 13.8 Å². The Hall–Kier alpha value is -1.78. The predicted octanol–water partition coefficient (Wildman–Crippen LogP) is 6.23. The molecule has 0 saturated carbocycles. The van der Waals surface area contributed by atoms with Crippen LogP contribution in [0.15, 0.2) is 24.3 Å². The molecule has 0 aliphatic carbocycles. The maximum absolute atomic E-state index is 11.1. The van der Waals surface area contributed by atoms with Gasteiger partial charge in [0.15, 0.2) is 0 Å². The molecule has 9 heteroatoms. The fourth-order valence-corrected chi connectivity index (χ4v) is 2.47. The van der Waals surface area contributed by atoms with Crippen molar-refractivity contribution in [2.75, 3.05) is 14.2 Å². The van der Waals surface area contributed by atoms with Crippen LogP contribution < -0.4 is 0 Å². The first-order valence-corrected chi connectivity index (χ1v) is 8.08. The summed E-state index contributed by atoms with van der Waals surface area (Å²) in [5.41, 5.74) is 17.4. The van der Waals surface area contributed by atoms with Crippen molar-refractivity contribution in [2.45, 2.75) is 13.8 Å². The molecule has 0 spiro atoms. The zero-order chi connectivity index (χ0) is 20.0. The van der Waals surface area contributed by atoms with Crippen molar-refractivity contribution in [3.63, 3.8) is 0 Å². The van der Waals surface area contributed by atoms with Gasteiger partial charge in [-0.2, -0.15) is 0 Å². The summed E-state index contributed by atoms with van der Waals surface area (Å²) < 4.78 is 9.01. The first-order chi connectivity index (χ1) is 12.1. The molecule has 0 radical (unpaired) electrons. The third kappa shape index (κ3) is 6.71. The van der Waals surface area contributed by atoms with Crippen LogP contribution in [0.4, 0.5) is 11.4 Å². The van der Waals surface area contributed by atoms with Crippen molar-refractivity contribution in [2.24, 2.45) is 0 Å². The largest absolute Gasteiger partial charge is 2.00 e. The van der Waals surface area contributed by atoms with Gasteiger partial charge in [0.2, 0.25) is 0 Å². The minimum absolute atomic E-state index is 0. The number of rotatable bonds is 2. The number of halogens is 2. The van der Waals surface area contributed by atoms with Crippen LogP contribution >= 0.6 is 23.2 Å². The molecule has 2 rings (SSSR count). The Morgan fingerprint density at radius 3 is 1.33 bits per heavy atom. The summed E-state index contributed by atoms with van der Waals surface area (Å²) in [6, 6.07) is 5.97. The molecule has 0 heterocycles. The number of methoxy groups -OCH3 is 2. The first kappa shape index (κ1) is 25.2. The van der Waals surface area contributed by atoms with Gasteiger partial charge in [-0.3, -0.25) is 0 Å². The van der Waals surface area contributed by atoms with Crippen LogP contribution in [-0.4, -0.2) is 26.2 Å². The molecule has 27 heavy (non-hydrogen) atoms. The summed E-state index contributed by atoms with van der Waals surface area (Å²) in [4.78, 5) is 22.2. The molecule has 0 aromatic heterocycles. The maximum atomic E-state index is 11.1. The third-order valence-corrected chi connectivity index (χ3v) is 4.06. The zero-order valence-corrected chi connectivity index (χ0v) is 18.1. The van der Waals surface area contributed by atoms with E-state index in [0.717, 1.165) is 11.1 Å². The molecule has 2 aromatic rings. The smallest absolute Gasteiger partial charge is 0.698 e. The van der Waals surface area contributed by atoms with Crippen LogP contribution in [0.3, 0.4) is 0 Å². The molecule has 0 aliphatic heterocycles. The maximum Gasteiger partial charge on any atom is 2.00 e. The normalized spacial score (nSPS) is 9.41. The van der Waals surface area contributed by atoms with Crippen molar-refractivity contribution in [3.8, 4) is 0 Å². The SMILES string of the molecule is COC(=O)c1cc([NH-])c(C)cc1Cl.COC(=O)c1cc([NH-])c(C)cc1Cl.[Pd+2]. The number of esters is 2. The second-order valence-electron chi connectivity index (χ2n) is 5.28. The average molecular weight is 504 g/mol. The molecule has 148 valence electrons. The van der Waals surface area contributed by atoms with Gasteiger partial charge < -0.3 is 20.9 Å². The molecule has 0 amide bonds. The Kier molecular flexibility index (Phi) is 10.4. The number of nitrogens with one attached hydrogen (secondary N) is 2. The van der Waals surface area contributed by atoms with Crippen LogP contribution in [-0.2, 0) is 29.9 Å². The number of hydrogen-bond donors (Lipinski definition) is 0. The number of ether oxygens (including phenoxy) is 2. The Bertz CT molecular complexity index is 775. The Morgan fingerprint density at radius 2 is 1.07 bits per heavy atom. The minimum Gasteiger partial charge on any atom is -0.698 e. The standard InChI is InChI=1S/2C9H9ClNO2.Pd/c2*1-5-3-7(10)6(4-8(5)11)9(12)13-2;/h2*3-4,11H,1-2H3;/q2*-1;+2. The van der Waals surface area contributed by atoms with Gasteiger partial charge in [-0.15, -0.1) is 11.4 Å². The monoisotopic (exact) mass is 502 g/mol. The van der Waals surface area contributed by atoms with Gasteiger partial charge in [0.1, 0.15) is 0 Å². The number of carbonyl (C=O) groups is 2. The fraction of sp³-hybridized carbons (Fsp3) is 0.222. The number of hydrogen-bond acceptors (Lipinski definition) is 4. The van der Waals surface area contributed by atoms with E-state index in [0.29, 0.717) is 10.0 Å². The van der Waals surface area contributed by atoms with Crippen molar-refractivity contribution in [1.82, 2.24) is 0 Å². The Labute approximate surface area is 181 Å². The van der Waals surface area contributed by atoms with Gasteiger partial charge >= 0.3 is 32.4 Å². The average Bonchev–Trinajstić information content (AvgIpc) is 2.60. The summed E-state index contributed by atoms with van der Waals surface area (Å²) >= 11 is 11.6. The molecule has 0 fully saturated rings. The van der Waals surface area contributed by atoms with E-state index in [1.165, 1.54) is 26.4 Å². The van der Waals surface area contributed by atoms with Crippen LogP contribution in [0.1, 0.15) is 31.8 Å². The fourth-order valence-electron chi connectivity index (χ4n) is 1.88. The quantitative estimate of drug-likeness (QED) is 0.358. The van der Waals surface area contributed by atoms with Crippen LogP contribution in [0.5, 0.6) is 0 Å². The van der Waals surface area contributed by atoms with Gasteiger partial charge in [-0.25, -0.2) is 9.59 Å². The first-order valence-electron chi connectivity index (χ1n) is 7.32. The predicted molar refractivity (Wildman–Crippen MR) is 103 cm³/mol. The molecule has 0 aliphatic rings. The molecule has 6 nitrogen and oxygen atoms in total. The van der Waals surface area contributed by atoms with E-state index in [-0.39, 0.29) is 42.9 Å². The molecule has 2 N–H and O–H groups in total. The van der Waals surface area contributed by atoms with Crippen LogP contribution in [0.25, 0.3) is 11.5 Å². The third-order valence-electron chi connectivity index (χ3n) is 3.44. The summed E-state index contributed by atoms with van der Waals surface area (Å²) in [7, 11) is 2.56. The van der Waals surface area contributed by atoms with E-state index in [1.54, 1.807) is 26.0 Å². The van der Waals surface area contributed by atoms with E-state index in [9.17, 15) is 9.59 Å². The van der Waals surface area contributed by atoms with Gasteiger partial charge in [0, 0.05) is 0 Å². The minimum atomic E-state index is -0.515. The summed E-state index contributed by atoms with van der Waals surface area (Å²) in [5.74, 6) is -1.03. The Balaban J connectivity index is 0.000000483. The summed E-state index contributed by atoms with van der Waals surface area (Å²) in [6.45, 7) is 3.52. The molecule has 0 saturated heterocycles. The second-order valence-corrected chi connectivity index (χ2v) is 6.09. The zero-order valence-electron chi connectivity index (χ0n) is 15.0. The van der Waals surface area contributed by atoms with Gasteiger partial charge in [-0.05, 0) is 26.0 Å².